The van der Waals surface area contributed by atoms with Crippen molar-refractivity contribution in [3.63, 3.8) is 0 Å². The van der Waals surface area contributed by atoms with E-state index in [-0.39, 0.29) is 35.6 Å². The number of urea groups is 1. The Kier molecular flexibility index (Phi) is 5.58. The third kappa shape index (κ3) is 3.74. The average molecular weight is 426 g/mol. The van der Waals surface area contributed by atoms with Gasteiger partial charge in [-0.3, -0.25) is 15.1 Å². The van der Waals surface area contributed by atoms with Crippen LogP contribution in [0.2, 0.25) is 0 Å². The van der Waals surface area contributed by atoms with Gasteiger partial charge >= 0.3 is 12.0 Å². The summed E-state index contributed by atoms with van der Waals surface area (Å²) in [5.74, 6) is 0.0701. The number of hydrogen-bond donors (Lipinski definition) is 4. The van der Waals surface area contributed by atoms with Gasteiger partial charge < -0.3 is 16.2 Å². The predicted molar refractivity (Wildman–Crippen MR) is 90.0 cm³/mol. The quantitative estimate of drug-likeness (QED) is 0.0928. The van der Waals surface area contributed by atoms with E-state index < -0.39 is 10.0 Å². The molecule has 118 valence electrons. The lowest BCUT2D eigenvalue weighted by atomic mass is 10.0. The molecule has 0 aromatic heterocycles. The summed E-state index contributed by atoms with van der Waals surface area (Å²) >= 11 is 3.83. The maximum Gasteiger partial charge on any atom is 0.319 e. The molecule has 0 aliphatic carbocycles. The monoisotopic (exact) mass is 426 g/mol. The molecule has 4 atom stereocenters. The van der Waals surface area contributed by atoms with Crippen LogP contribution in [-0.4, -0.2) is 55.0 Å². The number of amidine groups is 1. The van der Waals surface area contributed by atoms with Gasteiger partial charge in [-0.05, 0) is 35.4 Å². The van der Waals surface area contributed by atoms with Gasteiger partial charge in [-0.15, -0.1) is 0 Å². The first-order chi connectivity index (χ1) is 9.91. The highest BCUT2D eigenvalue weighted by Gasteiger charge is 2.50. The van der Waals surface area contributed by atoms with E-state index in [1.54, 1.807) is 4.90 Å². The largest absolute Gasteiger partial charge is 0.481 e. The van der Waals surface area contributed by atoms with E-state index in [1.807, 2.05) is 34.4 Å². The Morgan fingerprint density at radius 2 is 2.33 bits per heavy atom. The number of nitrogens with two attached hydrogens (primary N) is 1. The highest BCUT2D eigenvalue weighted by Crippen LogP contribution is 2.39. The number of fused-ring (bicyclic) bond motifs is 1. The van der Waals surface area contributed by atoms with Gasteiger partial charge in [0.05, 0.1) is 12.1 Å². The second kappa shape index (κ2) is 7.03. The number of amides is 2. The average Bonchev–Trinajstić information content (AvgIpc) is 2.92. The van der Waals surface area contributed by atoms with Crippen molar-refractivity contribution in [2.24, 2.45) is 5.73 Å². The molecule has 1 unspecified atom stereocenters. The second-order valence-electron chi connectivity index (χ2n) is 5.26. The lowest BCUT2D eigenvalue weighted by molar-refractivity contribution is -0.137. The normalized spacial score (nSPS) is 29.1. The molecule has 0 aromatic carbocycles. The summed E-state index contributed by atoms with van der Waals surface area (Å²) in [6, 6.07) is -0.0165. The molecule has 0 radical (unpaired) electrons. The number of halogens is 1. The summed E-state index contributed by atoms with van der Waals surface area (Å²) in [5.41, 5.74) is 5.54. The van der Waals surface area contributed by atoms with Gasteiger partial charge in [0.25, 0.3) is 0 Å². The van der Waals surface area contributed by atoms with Crippen LogP contribution in [0.1, 0.15) is 25.7 Å². The molecular formula is C12H19IN4O3S. The Morgan fingerprint density at radius 3 is 2.95 bits per heavy atom. The number of aliphatic carboxylic acids is 1. The molecule has 0 saturated carbocycles. The number of unbranched alkanes of at least 4 members (excludes halogenated alkanes) is 1. The van der Waals surface area contributed by atoms with E-state index in [0.717, 1.165) is 18.6 Å². The number of alkyl halides is 1. The van der Waals surface area contributed by atoms with Crippen LogP contribution in [-0.2, 0) is 4.79 Å². The van der Waals surface area contributed by atoms with Crippen LogP contribution in [0.5, 0.6) is 0 Å². The van der Waals surface area contributed by atoms with Crippen LogP contribution in [0.4, 0.5) is 4.79 Å². The molecule has 21 heavy (non-hydrogen) atoms. The maximum absolute atomic E-state index is 12.1. The zero-order chi connectivity index (χ0) is 15.6. The summed E-state index contributed by atoms with van der Waals surface area (Å²) in [6.45, 7) is 0. The Hall–Kier alpha value is -0.710. The fraction of sp³-hybridized carbons (Fsp3) is 0.750. The van der Waals surface area contributed by atoms with Gasteiger partial charge in [0.1, 0.15) is 9.88 Å². The molecule has 9 heteroatoms. The minimum absolute atomic E-state index is 0.0204. The molecule has 2 amide bonds. The van der Waals surface area contributed by atoms with E-state index >= 15 is 0 Å². The van der Waals surface area contributed by atoms with Crippen molar-refractivity contribution in [2.45, 2.75) is 47.1 Å². The molecular weight excluding hydrogens is 407 g/mol. The number of carbonyl (C=O) groups is 2. The fourth-order valence-electron chi connectivity index (χ4n) is 2.83. The summed E-state index contributed by atoms with van der Waals surface area (Å²) in [5, 5.41) is 19.5. The van der Waals surface area contributed by atoms with Crippen LogP contribution in [0, 0.1) is 5.41 Å². The summed E-state index contributed by atoms with van der Waals surface area (Å²) in [7, 11) is 0. The van der Waals surface area contributed by atoms with Crippen LogP contribution < -0.4 is 11.1 Å². The van der Waals surface area contributed by atoms with Crippen LogP contribution >= 0.6 is 34.4 Å². The van der Waals surface area contributed by atoms with Crippen molar-refractivity contribution in [1.82, 2.24) is 10.2 Å². The SMILES string of the molecule is N=C(N)C(I)N1C(=O)N[C@@H]2CS[C@H](CCCCC(=O)O)[C@@H]21. The molecule has 2 fully saturated rings. The molecule has 0 bridgehead atoms. The van der Waals surface area contributed by atoms with Crippen molar-refractivity contribution in [3.05, 3.63) is 0 Å². The lowest BCUT2D eigenvalue weighted by Crippen LogP contribution is -2.49. The Balaban J connectivity index is 1.96. The first kappa shape index (κ1) is 16.7. The van der Waals surface area contributed by atoms with Gasteiger partial charge in [-0.2, -0.15) is 11.8 Å². The topological polar surface area (TPSA) is 120 Å². The third-order valence-electron chi connectivity index (χ3n) is 3.78. The van der Waals surface area contributed by atoms with Crippen LogP contribution in [0.25, 0.3) is 0 Å². The standard InChI is InChI=1S/C12H19IN4O3S/c13-10(11(14)15)17-9-6(16-12(17)20)5-21-7(9)3-1-2-4-8(18)19/h6-7,9-10H,1-5H2,(H3,14,15)(H,16,20)(H,18,19)/t6-,7-,9-,10?/m1/s1. The smallest absolute Gasteiger partial charge is 0.319 e. The van der Waals surface area contributed by atoms with Gasteiger partial charge in [0.2, 0.25) is 0 Å². The molecule has 2 aliphatic rings. The van der Waals surface area contributed by atoms with Crippen molar-refractivity contribution in [2.75, 3.05) is 5.75 Å². The molecule has 2 saturated heterocycles. The summed E-state index contributed by atoms with van der Waals surface area (Å²) in [6.07, 6.45) is 2.56. The number of nitrogens with one attached hydrogen (secondary N) is 2. The Bertz CT molecular complexity index is 450. The van der Waals surface area contributed by atoms with Crippen LogP contribution in [0.3, 0.4) is 0 Å². The lowest BCUT2D eigenvalue weighted by Gasteiger charge is -2.30. The maximum atomic E-state index is 12.1. The van der Waals surface area contributed by atoms with E-state index in [4.69, 9.17) is 16.2 Å². The second-order valence-corrected chi connectivity index (χ2v) is 7.71. The number of carbonyl (C=O) groups excluding carboxylic acids is 1. The van der Waals surface area contributed by atoms with Crippen molar-refractivity contribution >= 4 is 52.2 Å². The number of rotatable bonds is 7. The van der Waals surface area contributed by atoms with Gasteiger partial charge in [0.15, 0.2) is 0 Å². The summed E-state index contributed by atoms with van der Waals surface area (Å²) in [4.78, 5) is 24.3. The highest BCUT2D eigenvalue weighted by atomic mass is 127. The van der Waals surface area contributed by atoms with Gasteiger partial charge in [-0.1, -0.05) is 6.42 Å². The van der Waals surface area contributed by atoms with Gasteiger partial charge in [0, 0.05) is 17.4 Å². The number of nitrogens with zero attached hydrogens (tertiary/aromatic N) is 1. The molecule has 0 aromatic rings. The fourth-order valence-corrected chi connectivity index (χ4v) is 5.04. The first-order valence-electron chi connectivity index (χ1n) is 6.82. The molecule has 2 rings (SSSR count). The van der Waals surface area contributed by atoms with E-state index in [1.165, 1.54) is 0 Å². The molecule has 2 heterocycles. The first-order valence-corrected chi connectivity index (χ1v) is 9.11. The van der Waals surface area contributed by atoms with E-state index in [2.05, 4.69) is 5.32 Å². The van der Waals surface area contributed by atoms with Gasteiger partial charge in [-0.25, -0.2) is 4.79 Å². The molecule has 2 aliphatic heterocycles. The Labute approximate surface area is 141 Å². The van der Waals surface area contributed by atoms with Crippen molar-refractivity contribution < 1.29 is 14.7 Å². The van der Waals surface area contributed by atoms with E-state index in [0.29, 0.717) is 6.42 Å². The zero-order valence-electron chi connectivity index (χ0n) is 11.4. The molecule has 7 nitrogen and oxygen atoms in total. The van der Waals surface area contributed by atoms with Crippen molar-refractivity contribution in [1.29, 1.82) is 5.41 Å². The number of thioether (sulfide) groups is 1. The molecule has 5 N–H and O–H groups in total. The number of carboxylic acids is 1. The summed E-state index contributed by atoms with van der Waals surface area (Å²) < 4.78 is -0.433. The zero-order valence-corrected chi connectivity index (χ0v) is 14.4. The predicted octanol–water partition coefficient (Wildman–Crippen LogP) is 1.21. The third-order valence-corrected chi connectivity index (χ3v) is 6.54. The highest BCUT2D eigenvalue weighted by molar-refractivity contribution is 14.1. The number of carboxylic acid groups (broad SMARTS) is 1. The Morgan fingerprint density at radius 1 is 1.62 bits per heavy atom. The minimum atomic E-state index is -0.768. The minimum Gasteiger partial charge on any atom is -0.481 e. The van der Waals surface area contributed by atoms with Crippen LogP contribution in [0.15, 0.2) is 0 Å². The van der Waals surface area contributed by atoms with Crippen molar-refractivity contribution in [3.8, 4) is 0 Å². The van der Waals surface area contributed by atoms with E-state index in [9.17, 15) is 9.59 Å². The molecule has 0 spiro atoms. The number of hydrogen-bond acceptors (Lipinski definition) is 4.